The number of rotatable bonds is 5. The normalized spacial score (nSPS) is 17.6. The Hall–Kier alpha value is -2.48. The van der Waals surface area contributed by atoms with E-state index in [0.29, 0.717) is 24.7 Å². The second-order valence-corrected chi connectivity index (χ2v) is 7.68. The van der Waals surface area contributed by atoms with Gasteiger partial charge in [-0.2, -0.15) is 9.99 Å². The first-order valence-electron chi connectivity index (χ1n) is 9.94. The van der Waals surface area contributed by atoms with E-state index in [1.807, 2.05) is 42.3 Å². The fourth-order valence-corrected chi connectivity index (χ4v) is 3.96. The average molecular weight is 413 g/mol. The molecule has 1 aromatic carbocycles. The summed E-state index contributed by atoms with van der Waals surface area (Å²) < 4.78 is 1.73. The van der Waals surface area contributed by atoms with Crippen molar-refractivity contribution < 1.29 is 0 Å². The molecular weight excluding hydrogens is 388 g/mol. The van der Waals surface area contributed by atoms with E-state index >= 15 is 0 Å². The summed E-state index contributed by atoms with van der Waals surface area (Å²) in [6, 6.07) is 11.6. The molecule has 3 heterocycles. The topological polar surface area (TPSA) is 66.3 Å². The van der Waals surface area contributed by atoms with Gasteiger partial charge in [0.25, 0.3) is 5.56 Å². The molecule has 1 saturated heterocycles. The lowest BCUT2D eigenvalue weighted by molar-refractivity contribution is 0.213. The highest BCUT2D eigenvalue weighted by molar-refractivity contribution is 6.20. The van der Waals surface area contributed by atoms with Crippen molar-refractivity contribution in [3.63, 3.8) is 0 Å². The molecule has 1 atom stereocenters. The molecule has 1 aliphatic heterocycles. The third kappa shape index (κ3) is 3.85. The van der Waals surface area contributed by atoms with E-state index in [1.54, 1.807) is 16.8 Å². The number of aryl methyl sites for hydroxylation is 2. The lowest BCUT2D eigenvalue weighted by atomic mass is 10.2. The van der Waals surface area contributed by atoms with Crippen molar-refractivity contribution in [3.8, 4) is 0 Å². The third-order valence-electron chi connectivity index (χ3n) is 5.09. The minimum Gasteiger partial charge on any atom is -0.313 e. The number of pyridine rings is 1. The summed E-state index contributed by atoms with van der Waals surface area (Å²) in [6.45, 7) is 6.79. The molecule has 4 rings (SSSR count). The minimum atomic E-state index is -0.237. The van der Waals surface area contributed by atoms with E-state index in [-0.39, 0.29) is 11.1 Å². The van der Waals surface area contributed by atoms with Crippen LogP contribution in [0.5, 0.6) is 0 Å². The molecule has 0 bridgehead atoms. The smallest absolute Gasteiger partial charge is 0.252 e. The number of para-hydroxylation sites is 1. The highest BCUT2D eigenvalue weighted by Crippen LogP contribution is 2.28. The molecule has 1 fully saturated rings. The molecule has 29 heavy (non-hydrogen) atoms. The maximum atomic E-state index is 12.6. The lowest BCUT2D eigenvalue weighted by Crippen LogP contribution is -2.55. The van der Waals surface area contributed by atoms with E-state index in [1.165, 1.54) is 0 Å². The third-order valence-corrected chi connectivity index (χ3v) is 5.47. The van der Waals surface area contributed by atoms with Gasteiger partial charge in [0.15, 0.2) is 0 Å². The number of alkyl halides is 1. The molecule has 8 heteroatoms. The van der Waals surface area contributed by atoms with Gasteiger partial charge in [-0.15, -0.1) is 11.6 Å². The number of hydrazine groups is 1. The van der Waals surface area contributed by atoms with E-state index < -0.39 is 0 Å². The Labute approximate surface area is 174 Å². The maximum absolute atomic E-state index is 12.6. The molecule has 0 aliphatic carbocycles. The van der Waals surface area contributed by atoms with Crippen LogP contribution in [0, 0.1) is 6.92 Å². The van der Waals surface area contributed by atoms with Gasteiger partial charge in [-0.1, -0.05) is 25.1 Å². The molecule has 0 saturated carbocycles. The first-order valence-corrected chi connectivity index (χ1v) is 10.4. The molecule has 1 unspecified atom stereocenters. The summed E-state index contributed by atoms with van der Waals surface area (Å²) in [7, 11) is 0. The van der Waals surface area contributed by atoms with Crippen molar-refractivity contribution in [2.75, 3.05) is 24.6 Å². The zero-order chi connectivity index (χ0) is 20.4. The van der Waals surface area contributed by atoms with Gasteiger partial charge in [-0.3, -0.25) is 9.36 Å². The van der Waals surface area contributed by atoms with E-state index in [4.69, 9.17) is 16.6 Å². The molecule has 1 aliphatic rings. The van der Waals surface area contributed by atoms with Crippen molar-refractivity contribution in [2.24, 2.45) is 0 Å². The van der Waals surface area contributed by atoms with Crippen LogP contribution in [0.1, 0.15) is 18.9 Å². The van der Waals surface area contributed by atoms with Crippen molar-refractivity contribution >= 4 is 34.3 Å². The standard InChI is InChI=1S/C21H25ClN6O/c1-3-10-26-19(29)12-15(2)17-13-24-21(25-20(17)26)28(16-7-5-4-6-8-16)27-11-9-23-14-18(27)22/h4-8,12-13,18,23H,3,9-11,14H2,1-2H3. The summed E-state index contributed by atoms with van der Waals surface area (Å²) in [5.74, 6) is 0.506. The quantitative estimate of drug-likeness (QED) is 0.513. The van der Waals surface area contributed by atoms with E-state index in [0.717, 1.165) is 36.1 Å². The van der Waals surface area contributed by atoms with Gasteiger partial charge in [0.05, 0.1) is 5.69 Å². The van der Waals surface area contributed by atoms with Gasteiger partial charge < -0.3 is 5.32 Å². The monoisotopic (exact) mass is 412 g/mol. The highest BCUT2D eigenvalue weighted by Gasteiger charge is 2.29. The van der Waals surface area contributed by atoms with Crippen LogP contribution in [0.25, 0.3) is 11.0 Å². The van der Waals surface area contributed by atoms with E-state index in [9.17, 15) is 4.79 Å². The summed E-state index contributed by atoms with van der Waals surface area (Å²) in [6.07, 6.45) is 2.65. The molecule has 152 valence electrons. The number of fused-ring (bicyclic) bond motifs is 1. The van der Waals surface area contributed by atoms with Crippen molar-refractivity contribution in [1.29, 1.82) is 0 Å². The number of hydrogen-bond donors (Lipinski definition) is 1. The fraction of sp³-hybridized carbons (Fsp3) is 0.381. The number of anilines is 2. The minimum absolute atomic E-state index is 0.0369. The Morgan fingerprint density at radius 1 is 1.31 bits per heavy atom. The second kappa shape index (κ2) is 8.49. The molecule has 1 N–H and O–H groups in total. The largest absolute Gasteiger partial charge is 0.313 e. The first-order chi connectivity index (χ1) is 14.1. The zero-order valence-electron chi connectivity index (χ0n) is 16.7. The highest BCUT2D eigenvalue weighted by atomic mass is 35.5. The van der Waals surface area contributed by atoms with Gasteiger partial charge >= 0.3 is 0 Å². The maximum Gasteiger partial charge on any atom is 0.252 e. The Morgan fingerprint density at radius 2 is 2.10 bits per heavy atom. The van der Waals surface area contributed by atoms with Crippen LogP contribution in [-0.2, 0) is 6.54 Å². The van der Waals surface area contributed by atoms with Crippen LogP contribution in [0.4, 0.5) is 11.6 Å². The predicted octanol–water partition coefficient (Wildman–Crippen LogP) is 3.03. The number of nitrogens with zero attached hydrogens (tertiary/aromatic N) is 5. The Kier molecular flexibility index (Phi) is 5.80. The molecule has 0 amide bonds. The summed E-state index contributed by atoms with van der Waals surface area (Å²) in [5, 5.41) is 8.21. The molecule has 0 radical (unpaired) electrons. The van der Waals surface area contributed by atoms with Gasteiger partial charge in [-0.25, -0.2) is 9.99 Å². The number of halogens is 1. The fourth-order valence-electron chi connectivity index (χ4n) is 3.67. The summed E-state index contributed by atoms with van der Waals surface area (Å²) in [5.41, 5.74) is 2.19. The number of hydrogen-bond acceptors (Lipinski definition) is 6. The van der Waals surface area contributed by atoms with Crippen LogP contribution >= 0.6 is 11.6 Å². The summed E-state index contributed by atoms with van der Waals surface area (Å²) in [4.78, 5) is 22.1. The van der Waals surface area contributed by atoms with Crippen molar-refractivity contribution in [1.82, 2.24) is 24.9 Å². The van der Waals surface area contributed by atoms with Gasteiger partial charge in [0.2, 0.25) is 5.95 Å². The van der Waals surface area contributed by atoms with Crippen LogP contribution < -0.4 is 15.9 Å². The second-order valence-electron chi connectivity index (χ2n) is 7.17. The number of nitrogens with one attached hydrogen (secondary N) is 1. The van der Waals surface area contributed by atoms with Crippen molar-refractivity contribution in [3.05, 3.63) is 58.5 Å². The van der Waals surface area contributed by atoms with Crippen LogP contribution in [-0.4, -0.2) is 44.7 Å². The number of piperazine rings is 1. The van der Waals surface area contributed by atoms with Crippen LogP contribution in [0.2, 0.25) is 0 Å². The Balaban J connectivity index is 1.90. The SMILES string of the molecule is CCCn1c(=O)cc(C)c2cnc(N(c3ccccc3)N3CCNCC3Cl)nc21. The molecule has 3 aromatic rings. The molecule has 7 nitrogen and oxygen atoms in total. The lowest BCUT2D eigenvalue weighted by Gasteiger charge is -2.40. The van der Waals surface area contributed by atoms with Gasteiger partial charge in [-0.05, 0) is 31.0 Å². The Morgan fingerprint density at radius 3 is 2.83 bits per heavy atom. The number of benzene rings is 1. The number of aromatic nitrogens is 3. The molecular formula is C21H25ClN6O. The van der Waals surface area contributed by atoms with Crippen LogP contribution in [0.3, 0.4) is 0 Å². The van der Waals surface area contributed by atoms with Gasteiger partial charge in [0, 0.05) is 43.8 Å². The Bertz CT molecular complexity index is 1050. The zero-order valence-corrected chi connectivity index (χ0v) is 17.4. The summed E-state index contributed by atoms with van der Waals surface area (Å²) >= 11 is 6.64. The van der Waals surface area contributed by atoms with E-state index in [2.05, 4.69) is 22.2 Å². The van der Waals surface area contributed by atoms with Gasteiger partial charge in [0.1, 0.15) is 11.1 Å². The van der Waals surface area contributed by atoms with Crippen LogP contribution in [0.15, 0.2) is 47.4 Å². The predicted molar refractivity (Wildman–Crippen MR) is 117 cm³/mol. The average Bonchev–Trinajstić information content (AvgIpc) is 2.73. The molecule has 2 aromatic heterocycles. The van der Waals surface area contributed by atoms with Crippen molar-refractivity contribution in [2.45, 2.75) is 32.3 Å². The molecule has 0 spiro atoms. The first kappa shape index (κ1) is 19.8.